The van der Waals surface area contributed by atoms with E-state index in [9.17, 15) is 4.39 Å². The van der Waals surface area contributed by atoms with Crippen LogP contribution in [0.25, 0.3) is 0 Å². The van der Waals surface area contributed by atoms with Crippen LogP contribution >= 0.6 is 24.4 Å². The first kappa shape index (κ1) is 15.9. The van der Waals surface area contributed by atoms with Gasteiger partial charge in [-0.2, -0.15) is 12.6 Å². The van der Waals surface area contributed by atoms with Crippen molar-refractivity contribution in [1.82, 2.24) is 0 Å². The predicted octanol–water partition coefficient (Wildman–Crippen LogP) is 5.43. The minimum absolute atomic E-state index is 0.108. The average Bonchev–Trinajstić information content (AvgIpc) is 2.38. The van der Waals surface area contributed by atoms with Gasteiger partial charge < -0.3 is 0 Å². The number of thiol groups is 1. The van der Waals surface area contributed by atoms with Crippen molar-refractivity contribution in [2.75, 3.05) is 11.5 Å². The number of rotatable bonds is 8. The molecule has 0 spiro atoms. The lowest BCUT2D eigenvalue weighted by Crippen LogP contribution is -2.26. The molecule has 1 rings (SSSR count). The molecule has 0 nitrogen and oxygen atoms in total. The van der Waals surface area contributed by atoms with Crippen LogP contribution in [-0.2, 0) is 0 Å². The fourth-order valence-corrected chi connectivity index (χ4v) is 4.14. The molecule has 0 saturated heterocycles. The molecule has 0 bridgehead atoms. The molecule has 0 amide bonds. The second kappa shape index (κ2) is 8.11. The van der Waals surface area contributed by atoms with E-state index in [0.717, 1.165) is 16.4 Å². The van der Waals surface area contributed by atoms with Crippen LogP contribution in [0.2, 0.25) is 0 Å². The van der Waals surface area contributed by atoms with Crippen molar-refractivity contribution >= 4 is 24.4 Å². The maximum Gasteiger partial charge on any atom is 0.136 e. The Labute approximate surface area is 120 Å². The van der Waals surface area contributed by atoms with Crippen LogP contribution in [0.4, 0.5) is 4.39 Å². The molecule has 0 unspecified atom stereocenters. The number of benzene rings is 1. The van der Waals surface area contributed by atoms with Crippen molar-refractivity contribution < 1.29 is 4.39 Å². The van der Waals surface area contributed by atoms with Gasteiger partial charge in [0.25, 0.3) is 0 Å². The van der Waals surface area contributed by atoms with E-state index in [1.807, 2.05) is 12.1 Å². The van der Waals surface area contributed by atoms with Crippen LogP contribution in [0, 0.1) is 11.2 Å². The van der Waals surface area contributed by atoms with Crippen molar-refractivity contribution in [3.8, 4) is 0 Å². The minimum atomic E-state index is -0.108. The number of halogens is 1. The Hall–Kier alpha value is -0.150. The molecule has 0 atom stereocenters. The van der Waals surface area contributed by atoms with Crippen molar-refractivity contribution in [3.63, 3.8) is 0 Å². The highest BCUT2D eigenvalue weighted by atomic mass is 32.2. The highest BCUT2D eigenvalue weighted by Gasteiger charge is 2.27. The predicted molar refractivity (Wildman–Crippen MR) is 83.2 cm³/mol. The summed E-state index contributed by atoms with van der Waals surface area (Å²) in [6.45, 7) is 4.42. The maximum absolute atomic E-state index is 13.6. The summed E-state index contributed by atoms with van der Waals surface area (Å²) in [5.74, 6) is 1.73. The van der Waals surface area contributed by atoms with Gasteiger partial charge in [-0.25, -0.2) is 4.39 Å². The average molecular weight is 286 g/mol. The standard InChI is InChI=1S/C15H23FS2/c1-3-9-15(11-17,10-4-2)12-18-14-8-6-5-7-13(14)16/h5-8,17H,3-4,9-12H2,1-2H3. The Morgan fingerprint density at radius 3 is 2.28 bits per heavy atom. The van der Waals surface area contributed by atoms with Gasteiger partial charge in [0.1, 0.15) is 5.82 Å². The molecular weight excluding hydrogens is 263 g/mol. The lowest BCUT2D eigenvalue weighted by atomic mass is 9.83. The van der Waals surface area contributed by atoms with Gasteiger partial charge in [0.15, 0.2) is 0 Å². The highest BCUT2D eigenvalue weighted by molar-refractivity contribution is 7.99. The zero-order chi connectivity index (χ0) is 13.4. The molecule has 1 aromatic rings. The molecule has 0 fully saturated rings. The first-order valence-corrected chi connectivity index (χ1v) is 8.27. The zero-order valence-corrected chi connectivity index (χ0v) is 13.0. The Bertz CT molecular complexity index is 346. The van der Waals surface area contributed by atoms with Crippen molar-refractivity contribution in [1.29, 1.82) is 0 Å². The van der Waals surface area contributed by atoms with E-state index in [1.165, 1.54) is 31.7 Å². The largest absolute Gasteiger partial charge is 0.206 e. The van der Waals surface area contributed by atoms with Gasteiger partial charge in [0.2, 0.25) is 0 Å². The van der Waals surface area contributed by atoms with E-state index in [1.54, 1.807) is 17.8 Å². The third kappa shape index (κ3) is 4.51. The molecule has 0 aliphatic rings. The zero-order valence-electron chi connectivity index (χ0n) is 11.3. The summed E-state index contributed by atoms with van der Waals surface area (Å²) in [7, 11) is 0. The molecule has 1 aromatic carbocycles. The summed E-state index contributed by atoms with van der Waals surface area (Å²) in [6.07, 6.45) is 4.67. The van der Waals surface area contributed by atoms with E-state index in [-0.39, 0.29) is 11.2 Å². The minimum Gasteiger partial charge on any atom is -0.206 e. The number of thioether (sulfide) groups is 1. The van der Waals surface area contributed by atoms with E-state index < -0.39 is 0 Å². The molecule has 0 aliphatic heterocycles. The Kier molecular flexibility index (Phi) is 7.16. The third-order valence-electron chi connectivity index (χ3n) is 3.27. The summed E-state index contributed by atoms with van der Waals surface area (Å²) in [6, 6.07) is 7.03. The lowest BCUT2D eigenvalue weighted by Gasteiger charge is -2.31. The molecule has 0 aromatic heterocycles. The smallest absolute Gasteiger partial charge is 0.136 e. The number of hydrogen-bond acceptors (Lipinski definition) is 2. The van der Waals surface area contributed by atoms with Gasteiger partial charge >= 0.3 is 0 Å². The monoisotopic (exact) mass is 286 g/mol. The molecule has 18 heavy (non-hydrogen) atoms. The lowest BCUT2D eigenvalue weighted by molar-refractivity contribution is 0.318. The maximum atomic E-state index is 13.6. The Morgan fingerprint density at radius 1 is 1.17 bits per heavy atom. The van der Waals surface area contributed by atoms with Crippen LogP contribution in [0.1, 0.15) is 39.5 Å². The molecule has 3 heteroatoms. The van der Waals surface area contributed by atoms with E-state index >= 15 is 0 Å². The van der Waals surface area contributed by atoms with Crippen LogP contribution in [0.5, 0.6) is 0 Å². The Balaban J connectivity index is 2.69. The van der Waals surface area contributed by atoms with Gasteiger partial charge in [0.05, 0.1) is 0 Å². The first-order chi connectivity index (χ1) is 8.67. The van der Waals surface area contributed by atoms with Gasteiger partial charge in [0, 0.05) is 10.6 Å². The normalized spacial score (nSPS) is 11.8. The van der Waals surface area contributed by atoms with Crippen molar-refractivity contribution in [2.45, 2.75) is 44.4 Å². The third-order valence-corrected chi connectivity index (χ3v) is 5.34. The quantitative estimate of drug-likeness (QED) is 0.491. The van der Waals surface area contributed by atoms with Gasteiger partial charge in [-0.05, 0) is 36.1 Å². The van der Waals surface area contributed by atoms with Crippen molar-refractivity contribution in [3.05, 3.63) is 30.1 Å². The van der Waals surface area contributed by atoms with Crippen LogP contribution < -0.4 is 0 Å². The van der Waals surface area contributed by atoms with Crippen molar-refractivity contribution in [2.24, 2.45) is 5.41 Å². The molecule has 0 radical (unpaired) electrons. The molecule has 0 aliphatic carbocycles. The second-order valence-electron chi connectivity index (χ2n) is 4.88. The van der Waals surface area contributed by atoms with Gasteiger partial charge in [-0.1, -0.05) is 38.8 Å². The Morgan fingerprint density at radius 2 is 1.78 bits per heavy atom. The van der Waals surface area contributed by atoms with Crippen LogP contribution in [0.15, 0.2) is 29.2 Å². The van der Waals surface area contributed by atoms with Crippen LogP contribution in [-0.4, -0.2) is 11.5 Å². The fraction of sp³-hybridized carbons (Fsp3) is 0.600. The van der Waals surface area contributed by atoms with E-state index in [0.29, 0.717) is 0 Å². The van der Waals surface area contributed by atoms with Crippen LogP contribution in [0.3, 0.4) is 0 Å². The summed E-state index contributed by atoms with van der Waals surface area (Å²) in [5, 5.41) is 0. The molecule has 0 heterocycles. The summed E-state index contributed by atoms with van der Waals surface area (Å²) < 4.78 is 13.6. The second-order valence-corrected chi connectivity index (χ2v) is 6.21. The first-order valence-electron chi connectivity index (χ1n) is 6.65. The highest BCUT2D eigenvalue weighted by Crippen LogP contribution is 2.37. The summed E-state index contributed by atoms with van der Waals surface area (Å²) >= 11 is 6.17. The van der Waals surface area contributed by atoms with E-state index in [4.69, 9.17) is 0 Å². The molecule has 0 N–H and O–H groups in total. The topological polar surface area (TPSA) is 0 Å². The van der Waals surface area contributed by atoms with Gasteiger partial charge in [-0.15, -0.1) is 11.8 Å². The summed E-state index contributed by atoms with van der Waals surface area (Å²) in [4.78, 5) is 0.760. The molecular formula is C15H23FS2. The SMILES string of the molecule is CCCC(CS)(CCC)CSc1ccccc1F. The molecule has 0 saturated carbocycles. The van der Waals surface area contributed by atoms with E-state index in [2.05, 4.69) is 26.5 Å². The summed E-state index contributed by atoms with van der Waals surface area (Å²) in [5.41, 5.74) is 0.250. The molecule has 102 valence electrons. The number of hydrogen-bond donors (Lipinski definition) is 1. The fourth-order valence-electron chi connectivity index (χ4n) is 2.33. The van der Waals surface area contributed by atoms with Gasteiger partial charge in [-0.3, -0.25) is 0 Å².